The fourth-order valence-electron chi connectivity index (χ4n) is 3.33. The first-order valence-corrected chi connectivity index (χ1v) is 9.79. The number of hydrogen-bond donors (Lipinski definition) is 0. The maximum absolute atomic E-state index is 13.2. The minimum Gasteiger partial charge on any atom is -0.497 e. The van der Waals surface area contributed by atoms with Gasteiger partial charge in [-0.25, -0.2) is 4.68 Å². The monoisotopic (exact) mass is 425 g/mol. The number of benzene rings is 2. The SMILES string of the molecule is CCc1noc2c(-c3cc(OC)ccc3OC)nn(Cc3ccc(Cl)cc3)c(=O)c12. The van der Waals surface area contributed by atoms with E-state index in [1.54, 1.807) is 44.6 Å². The van der Waals surface area contributed by atoms with Crippen LogP contribution in [0.3, 0.4) is 0 Å². The standard InChI is InChI=1S/C22H20ClN3O4/c1-4-17-19-21(30-25-17)20(16-11-15(28-2)9-10-18(16)29-3)24-26(22(19)27)12-13-5-7-14(23)8-6-13/h5-11H,4,12H2,1-3H3. The summed E-state index contributed by atoms with van der Waals surface area (Å²) in [6.07, 6.45) is 0.557. The first kappa shape index (κ1) is 20.0. The molecule has 0 N–H and O–H groups in total. The second-order valence-corrected chi connectivity index (χ2v) is 7.13. The van der Waals surface area contributed by atoms with E-state index in [9.17, 15) is 4.79 Å². The van der Waals surface area contributed by atoms with E-state index >= 15 is 0 Å². The third-order valence-corrected chi connectivity index (χ3v) is 5.14. The maximum Gasteiger partial charge on any atom is 0.280 e. The molecule has 8 heteroatoms. The van der Waals surface area contributed by atoms with Crippen molar-refractivity contribution in [3.8, 4) is 22.8 Å². The Kier molecular flexibility index (Phi) is 5.46. The van der Waals surface area contributed by atoms with Crippen molar-refractivity contribution in [2.75, 3.05) is 14.2 Å². The lowest BCUT2D eigenvalue weighted by Gasteiger charge is -2.12. The topological polar surface area (TPSA) is 79.4 Å². The normalized spacial score (nSPS) is 11.1. The number of aromatic nitrogens is 3. The van der Waals surface area contributed by atoms with Gasteiger partial charge in [-0.05, 0) is 42.3 Å². The largest absolute Gasteiger partial charge is 0.497 e. The summed E-state index contributed by atoms with van der Waals surface area (Å²) in [6, 6.07) is 12.7. The van der Waals surface area contributed by atoms with Crippen LogP contribution in [0.1, 0.15) is 18.2 Å². The zero-order valence-corrected chi connectivity index (χ0v) is 17.6. The van der Waals surface area contributed by atoms with Crippen molar-refractivity contribution in [1.29, 1.82) is 0 Å². The smallest absolute Gasteiger partial charge is 0.280 e. The quantitative estimate of drug-likeness (QED) is 0.457. The van der Waals surface area contributed by atoms with Crippen LogP contribution in [0.25, 0.3) is 22.2 Å². The highest BCUT2D eigenvalue weighted by Crippen LogP contribution is 2.36. The van der Waals surface area contributed by atoms with E-state index in [0.717, 1.165) is 5.56 Å². The van der Waals surface area contributed by atoms with E-state index in [-0.39, 0.29) is 12.1 Å². The Morgan fingerprint density at radius 1 is 1.10 bits per heavy atom. The Morgan fingerprint density at radius 2 is 1.87 bits per heavy atom. The van der Waals surface area contributed by atoms with Crippen molar-refractivity contribution in [2.45, 2.75) is 19.9 Å². The van der Waals surface area contributed by atoms with E-state index in [4.69, 9.17) is 25.6 Å². The molecular formula is C22H20ClN3O4. The molecule has 0 aliphatic carbocycles. The van der Waals surface area contributed by atoms with Gasteiger partial charge in [-0.3, -0.25) is 4.79 Å². The van der Waals surface area contributed by atoms with Gasteiger partial charge in [-0.15, -0.1) is 0 Å². The van der Waals surface area contributed by atoms with Gasteiger partial charge in [0.15, 0.2) is 0 Å². The highest BCUT2D eigenvalue weighted by Gasteiger charge is 2.23. The predicted octanol–water partition coefficient (Wildman–Crippen LogP) is 4.33. The zero-order valence-electron chi connectivity index (χ0n) is 16.8. The lowest BCUT2D eigenvalue weighted by atomic mass is 10.1. The fourth-order valence-corrected chi connectivity index (χ4v) is 3.46. The molecule has 0 saturated carbocycles. The Bertz CT molecular complexity index is 1260. The molecule has 2 aromatic carbocycles. The number of halogens is 1. The van der Waals surface area contributed by atoms with Crippen LogP contribution in [0.4, 0.5) is 0 Å². The number of rotatable bonds is 6. The Hall–Kier alpha value is -3.32. The summed E-state index contributed by atoms with van der Waals surface area (Å²) in [5.74, 6) is 1.21. The van der Waals surface area contributed by atoms with Gasteiger partial charge >= 0.3 is 0 Å². The van der Waals surface area contributed by atoms with Crippen LogP contribution < -0.4 is 15.0 Å². The third-order valence-electron chi connectivity index (χ3n) is 4.89. The lowest BCUT2D eigenvalue weighted by Crippen LogP contribution is -2.24. The molecule has 0 radical (unpaired) electrons. The van der Waals surface area contributed by atoms with Crippen molar-refractivity contribution in [1.82, 2.24) is 14.9 Å². The minimum atomic E-state index is -0.260. The first-order chi connectivity index (χ1) is 14.5. The van der Waals surface area contributed by atoms with Crippen LogP contribution in [0, 0.1) is 0 Å². The molecule has 0 atom stereocenters. The number of fused-ring (bicyclic) bond motifs is 1. The van der Waals surface area contributed by atoms with E-state index in [1.807, 2.05) is 19.1 Å². The van der Waals surface area contributed by atoms with E-state index in [2.05, 4.69) is 10.3 Å². The van der Waals surface area contributed by atoms with E-state index in [0.29, 0.717) is 50.9 Å². The second kappa shape index (κ2) is 8.20. The van der Waals surface area contributed by atoms with Gasteiger partial charge in [0.1, 0.15) is 22.6 Å². The van der Waals surface area contributed by atoms with Crippen LogP contribution in [-0.4, -0.2) is 29.2 Å². The minimum absolute atomic E-state index is 0.260. The summed E-state index contributed by atoms with van der Waals surface area (Å²) in [6.45, 7) is 2.20. The summed E-state index contributed by atoms with van der Waals surface area (Å²) in [5.41, 5.74) is 2.66. The summed E-state index contributed by atoms with van der Waals surface area (Å²) in [5, 5.41) is 9.77. The van der Waals surface area contributed by atoms with Crippen LogP contribution in [0.2, 0.25) is 5.02 Å². The molecule has 7 nitrogen and oxygen atoms in total. The Morgan fingerprint density at radius 3 is 2.53 bits per heavy atom. The number of methoxy groups -OCH3 is 2. The van der Waals surface area contributed by atoms with Gasteiger partial charge in [-0.2, -0.15) is 5.10 Å². The molecule has 0 spiro atoms. The van der Waals surface area contributed by atoms with Crippen molar-refractivity contribution in [2.24, 2.45) is 0 Å². The zero-order chi connectivity index (χ0) is 21.3. The predicted molar refractivity (Wildman–Crippen MR) is 115 cm³/mol. The molecule has 0 bridgehead atoms. The molecule has 4 aromatic rings. The molecule has 0 aliphatic rings. The third kappa shape index (κ3) is 3.52. The average molecular weight is 426 g/mol. The molecule has 0 unspecified atom stereocenters. The van der Waals surface area contributed by atoms with Gasteiger partial charge in [0.05, 0.1) is 32.0 Å². The molecule has 0 saturated heterocycles. The molecule has 0 fully saturated rings. The first-order valence-electron chi connectivity index (χ1n) is 9.42. The second-order valence-electron chi connectivity index (χ2n) is 6.69. The number of hydrogen-bond acceptors (Lipinski definition) is 6. The van der Waals surface area contributed by atoms with Crippen LogP contribution in [0.15, 0.2) is 51.8 Å². The van der Waals surface area contributed by atoms with Gasteiger partial charge in [0.2, 0.25) is 5.58 Å². The van der Waals surface area contributed by atoms with Crippen LogP contribution in [0.5, 0.6) is 11.5 Å². The summed E-state index contributed by atoms with van der Waals surface area (Å²) < 4.78 is 17.9. The highest BCUT2D eigenvalue weighted by atomic mass is 35.5. The van der Waals surface area contributed by atoms with Crippen molar-refractivity contribution in [3.05, 3.63) is 69.1 Å². The summed E-state index contributed by atoms with van der Waals surface area (Å²) in [7, 11) is 3.16. The number of nitrogens with zero attached hydrogens (tertiary/aromatic N) is 3. The Labute approximate surface area is 177 Å². The van der Waals surface area contributed by atoms with E-state index in [1.165, 1.54) is 4.68 Å². The van der Waals surface area contributed by atoms with Crippen molar-refractivity contribution in [3.63, 3.8) is 0 Å². The molecule has 4 rings (SSSR count). The molecule has 2 aromatic heterocycles. The molecule has 0 amide bonds. The highest BCUT2D eigenvalue weighted by molar-refractivity contribution is 6.30. The maximum atomic E-state index is 13.2. The van der Waals surface area contributed by atoms with Gasteiger partial charge in [-0.1, -0.05) is 35.8 Å². The molecule has 154 valence electrons. The Balaban J connectivity index is 1.98. The lowest BCUT2D eigenvalue weighted by molar-refractivity contribution is 0.404. The molecule has 2 heterocycles. The average Bonchev–Trinajstić information content (AvgIpc) is 3.21. The van der Waals surface area contributed by atoms with Gasteiger partial charge < -0.3 is 14.0 Å². The molecule has 30 heavy (non-hydrogen) atoms. The number of ether oxygens (including phenoxy) is 2. The van der Waals surface area contributed by atoms with Crippen LogP contribution >= 0.6 is 11.6 Å². The van der Waals surface area contributed by atoms with Crippen molar-refractivity contribution >= 4 is 22.6 Å². The molecular weight excluding hydrogens is 406 g/mol. The van der Waals surface area contributed by atoms with Crippen LogP contribution in [-0.2, 0) is 13.0 Å². The van der Waals surface area contributed by atoms with E-state index < -0.39 is 0 Å². The van der Waals surface area contributed by atoms with Crippen molar-refractivity contribution < 1.29 is 14.0 Å². The molecule has 0 aliphatic heterocycles. The fraction of sp³-hybridized carbons (Fsp3) is 0.227. The van der Waals surface area contributed by atoms with Gasteiger partial charge in [0.25, 0.3) is 5.56 Å². The summed E-state index contributed by atoms with van der Waals surface area (Å²) in [4.78, 5) is 13.2. The van der Waals surface area contributed by atoms with Gasteiger partial charge in [0, 0.05) is 5.02 Å². The summed E-state index contributed by atoms with van der Waals surface area (Å²) >= 11 is 5.99. The number of aryl methyl sites for hydroxylation is 1.